The van der Waals surface area contributed by atoms with Crippen LogP contribution in [0.5, 0.6) is 0 Å². The minimum Gasteiger partial charge on any atom is -0.341 e. The van der Waals surface area contributed by atoms with Gasteiger partial charge in [0.15, 0.2) is 11.6 Å². The molecule has 6 rings (SSSR count). The van der Waals surface area contributed by atoms with E-state index in [1.54, 1.807) is 12.3 Å². The van der Waals surface area contributed by atoms with Crippen LogP contribution in [-0.4, -0.2) is 40.3 Å². The molecule has 1 aliphatic heterocycles. The van der Waals surface area contributed by atoms with Gasteiger partial charge in [-0.15, -0.1) is 10.2 Å². The number of hydrogen-bond donors (Lipinski definition) is 0. The van der Waals surface area contributed by atoms with Gasteiger partial charge in [-0.3, -0.25) is 9.13 Å². The fourth-order valence-electron chi connectivity index (χ4n) is 4.82. The molecule has 0 N–H and O–H groups in total. The molecule has 3 aromatic heterocycles. The van der Waals surface area contributed by atoms with Crippen LogP contribution < -0.4 is 4.90 Å². The van der Waals surface area contributed by atoms with Crippen molar-refractivity contribution in [3.8, 4) is 23.0 Å². The zero-order chi connectivity index (χ0) is 22.7. The standard InChI is InChI=1S/C23H22Cl2N8/c1-3-18-22-30-29-13(2)32(22)19-12-27-23(28-21(19)33(18)17-5-4-6-17)31-8-7-26-20(31)14-9-15(24)11-16(25)10-14/h7-12,17-18H,3-6H2,1-2H3/t18-/m1/s1. The Bertz CT molecular complexity index is 1340. The quantitative estimate of drug-likeness (QED) is 0.391. The molecule has 0 radical (unpaired) electrons. The number of nitrogens with zero attached hydrogens (tertiary/aromatic N) is 8. The van der Waals surface area contributed by atoms with Gasteiger partial charge in [0.2, 0.25) is 5.95 Å². The van der Waals surface area contributed by atoms with Crippen molar-refractivity contribution in [3.63, 3.8) is 0 Å². The van der Waals surface area contributed by atoms with Crippen molar-refractivity contribution in [3.05, 3.63) is 58.5 Å². The Hall–Kier alpha value is -2.97. The summed E-state index contributed by atoms with van der Waals surface area (Å²) in [6.07, 6.45) is 9.91. The first-order chi connectivity index (χ1) is 16.0. The van der Waals surface area contributed by atoms with E-state index in [4.69, 9.17) is 33.2 Å². The fourth-order valence-corrected chi connectivity index (χ4v) is 5.34. The van der Waals surface area contributed by atoms with Crippen molar-refractivity contribution in [1.82, 2.24) is 34.3 Å². The van der Waals surface area contributed by atoms with E-state index in [0.29, 0.717) is 27.9 Å². The summed E-state index contributed by atoms with van der Waals surface area (Å²) in [4.78, 5) is 16.8. The molecule has 1 atom stereocenters. The summed E-state index contributed by atoms with van der Waals surface area (Å²) >= 11 is 12.5. The van der Waals surface area contributed by atoms with Gasteiger partial charge in [0.25, 0.3) is 0 Å². The van der Waals surface area contributed by atoms with E-state index < -0.39 is 0 Å². The first-order valence-electron chi connectivity index (χ1n) is 11.1. The molecule has 4 aromatic rings. The first kappa shape index (κ1) is 20.6. The molecule has 168 valence electrons. The van der Waals surface area contributed by atoms with Crippen LogP contribution >= 0.6 is 23.2 Å². The molecule has 0 saturated heterocycles. The molecule has 8 nitrogen and oxygen atoms in total. The van der Waals surface area contributed by atoms with Gasteiger partial charge >= 0.3 is 0 Å². The van der Waals surface area contributed by atoms with Gasteiger partial charge in [-0.2, -0.15) is 4.98 Å². The van der Waals surface area contributed by atoms with Crippen molar-refractivity contribution in [2.24, 2.45) is 0 Å². The van der Waals surface area contributed by atoms with E-state index in [-0.39, 0.29) is 6.04 Å². The number of fused-ring (bicyclic) bond motifs is 3. The van der Waals surface area contributed by atoms with E-state index in [2.05, 4.69) is 31.6 Å². The summed E-state index contributed by atoms with van der Waals surface area (Å²) in [5.74, 6) is 3.94. The van der Waals surface area contributed by atoms with Crippen LogP contribution in [0.2, 0.25) is 10.0 Å². The molecule has 1 fully saturated rings. The molecule has 0 bridgehead atoms. The summed E-state index contributed by atoms with van der Waals surface area (Å²) in [6, 6.07) is 5.95. The third kappa shape index (κ3) is 3.23. The smallest absolute Gasteiger partial charge is 0.237 e. The topological polar surface area (TPSA) is 77.5 Å². The van der Waals surface area contributed by atoms with Crippen molar-refractivity contribution >= 4 is 29.0 Å². The average molecular weight is 481 g/mol. The SMILES string of the molecule is CC[C@@H]1c2nnc(C)n2-c2cnc(-n3ccnc3-c3cc(Cl)cc(Cl)c3)nc2N1C1CCC1. The third-order valence-corrected chi connectivity index (χ3v) is 6.97. The van der Waals surface area contributed by atoms with Gasteiger partial charge in [-0.25, -0.2) is 9.97 Å². The van der Waals surface area contributed by atoms with E-state index in [1.807, 2.05) is 36.0 Å². The lowest BCUT2D eigenvalue weighted by atomic mass is 9.89. The zero-order valence-corrected chi connectivity index (χ0v) is 19.8. The maximum Gasteiger partial charge on any atom is 0.237 e. The molecule has 1 saturated carbocycles. The second-order valence-electron chi connectivity index (χ2n) is 8.51. The average Bonchev–Trinajstić information content (AvgIpc) is 3.39. The number of imidazole rings is 1. The zero-order valence-electron chi connectivity index (χ0n) is 18.3. The summed E-state index contributed by atoms with van der Waals surface area (Å²) in [5.41, 5.74) is 1.72. The number of rotatable bonds is 4. The van der Waals surface area contributed by atoms with Gasteiger partial charge in [0.1, 0.15) is 17.3 Å². The fraction of sp³-hybridized carbons (Fsp3) is 0.348. The predicted molar refractivity (Wildman–Crippen MR) is 127 cm³/mol. The van der Waals surface area contributed by atoms with E-state index in [9.17, 15) is 0 Å². The third-order valence-electron chi connectivity index (χ3n) is 6.54. The largest absolute Gasteiger partial charge is 0.341 e. The Labute approximate surface area is 201 Å². The lowest BCUT2D eigenvalue weighted by Gasteiger charge is -2.45. The number of aryl methyl sites for hydroxylation is 1. The highest BCUT2D eigenvalue weighted by molar-refractivity contribution is 6.35. The summed E-state index contributed by atoms with van der Waals surface area (Å²) in [6.45, 7) is 4.16. The van der Waals surface area contributed by atoms with Crippen LogP contribution in [0.15, 0.2) is 36.8 Å². The molecule has 10 heteroatoms. The van der Waals surface area contributed by atoms with Gasteiger partial charge in [0.05, 0.1) is 12.2 Å². The number of benzene rings is 1. The van der Waals surface area contributed by atoms with E-state index in [0.717, 1.165) is 48.0 Å². The van der Waals surface area contributed by atoms with Gasteiger partial charge < -0.3 is 4.90 Å². The molecular weight excluding hydrogens is 459 g/mol. The van der Waals surface area contributed by atoms with Crippen molar-refractivity contribution in [2.45, 2.75) is 51.6 Å². The molecule has 1 aliphatic carbocycles. The lowest BCUT2D eigenvalue weighted by molar-refractivity contribution is 0.341. The molecule has 0 spiro atoms. The summed E-state index contributed by atoms with van der Waals surface area (Å²) in [7, 11) is 0. The Morgan fingerprint density at radius 1 is 1.06 bits per heavy atom. The number of aromatic nitrogens is 7. The van der Waals surface area contributed by atoms with Gasteiger partial charge in [0, 0.05) is 34.0 Å². The highest BCUT2D eigenvalue weighted by Gasteiger charge is 2.40. The van der Waals surface area contributed by atoms with Crippen molar-refractivity contribution < 1.29 is 0 Å². The Balaban J connectivity index is 1.52. The normalized spacial score (nSPS) is 17.6. The van der Waals surface area contributed by atoms with E-state index in [1.165, 1.54) is 6.42 Å². The number of hydrogen-bond acceptors (Lipinski definition) is 6. The summed E-state index contributed by atoms with van der Waals surface area (Å²) < 4.78 is 3.96. The van der Waals surface area contributed by atoms with Crippen molar-refractivity contribution in [1.29, 1.82) is 0 Å². The highest BCUT2D eigenvalue weighted by Crippen LogP contribution is 2.44. The maximum atomic E-state index is 6.25. The first-order valence-corrected chi connectivity index (χ1v) is 11.9. The van der Waals surface area contributed by atoms with Crippen LogP contribution in [0.4, 0.5) is 5.82 Å². The van der Waals surface area contributed by atoms with Crippen molar-refractivity contribution in [2.75, 3.05) is 4.90 Å². The Kier molecular flexibility index (Phi) is 4.88. The number of halogens is 2. The molecule has 1 aromatic carbocycles. The van der Waals surface area contributed by atoms with Crippen LogP contribution in [0.25, 0.3) is 23.0 Å². The second kappa shape index (κ2) is 7.81. The van der Waals surface area contributed by atoms with Crippen LogP contribution in [0, 0.1) is 6.92 Å². The molecule has 0 amide bonds. The monoisotopic (exact) mass is 480 g/mol. The minimum absolute atomic E-state index is 0.126. The van der Waals surface area contributed by atoms with E-state index >= 15 is 0 Å². The second-order valence-corrected chi connectivity index (χ2v) is 9.39. The summed E-state index contributed by atoms with van der Waals surface area (Å²) in [5, 5.41) is 9.99. The molecular formula is C23H22Cl2N8. The lowest BCUT2D eigenvalue weighted by Crippen LogP contribution is -2.46. The van der Waals surface area contributed by atoms with Gasteiger partial charge in [-0.1, -0.05) is 30.1 Å². The minimum atomic E-state index is 0.126. The molecule has 33 heavy (non-hydrogen) atoms. The Morgan fingerprint density at radius 3 is 2.55 bits per heavy atom. The number of anilines is 1. The molecule has 4 heterocycles. The Morgan fingerprint density at radius 2 is 1.85 bits per heavy atom. The van der Waals surface area contributed by atoms with Crippen LogP contribution in [-0.2, 0) is 0 Å². The molecule has 2 aliphatic rings. The van der Waals surface area contributed by atoms with Crippen LogP contribution in [0.1, 0.15) is 50.3 Å². The predicted octanol–water partition coefficient (Wildman–Crippen LogP) is 5.35. The maximum absolute atomic E-state index is 6.25. The van der Waals surface area contributed by atoms with Crippen LogP contribution in [0.3, 0.4) is 0 Å². The highest BCUT2D eigenvalue weighted by atomic mass is 35.5. The van der Waals surface area contributed by atoms with Gasteiger partial charge in [-0.05, 0) is 50.8 Å². The molecule has 0 unspecified atom stereocenters.